The van der Waals surface area contributed by atoms with Crippen molar-refractivity contribution in [3.8, 4) is 0 Å². The number of hydrogen-bond acceptors (Lipinski definition) is 3. The van der Waals surface area contributed by atoms with Crippen molar-refractivity contribution in [2.75, 3.05) is 6.61 Å². The molecule has 0 fully saturated rings. The summed E-state index contributed by atoms with van der Waals surface area (Å²) in [5.41, 5.74) is 0. The van der Waals surface area contributed by atoms with Crippen LogP contribution in [-0.2, 0) is 14.5 Å². The van der Waals surface area contributed by atoms with E-state index in [-0.39, 0.29) is 36.2 Å². The molecule has 0 aliphatic heterocycles. The van der Waals surface area contributed by atoms with Crippen LogP contribution in [0.25, 0.3) is 0 Å². The fourth-order valence-corrected chi connectivity index (χ4v) is 0.877. The van der Waals surface area contributed by atoms with E-state index in [0.29, 0.717) is 0 Å². The van der Waals surface area contributed by atoms with Crippen LogP contribution in [0.15, 0.2) is 0 Å². The summed E-state index contributed by atoms with van der Waals surface area (Å²) in [5, 5.41) is 4.57. The van der Waals surface area contributed by atoms with Gasteiger partial charge in [-0.15, -0.1) is 0 Å². The predicted molar refractivity (Wildman–Crippen MR) is 44.3 cm³/mol. The van der Waals surface area contributed by atoms with E-state index in [9.17, 15) is 8.42 Å². The Bertz CT molecular complexity index is 169. The summed E-state index contributed by atoms with van der Waals surface area (Å²) in [6.07, 6.45) is 2.75. The Morgan fingerprint density at radius 3 is 2.27 bits per heavy atom. The molecule has 4 nitrogen and oxygen atoms in total. The molecule has 6 heteroatoms. The minimum absolute atomic E-state index is 0. The Morgan fingerprint density at radius 1 is 1.36 bits per heavy atom. The van der Waals surface area contributed by atoms with E-state index in [0.717, 1.165) is 19.3 Å². The molecule has 0 heterocycles. The minimum Gasteiger partial charge on any atom is -0.258 e. The van der Waals surface area contributed by atoms with Crippen molar-refractivity contribution in [1.29, 1.82) is 0 Å². The maximum Gasteiger partial charge on any atom is 0.333 e. The molecule has 0 saturated carbocycles. The Hall–Kier alpha value is 0.870. The van der Waals surface area contributed by atoms with Gasteiger partial charge in [0.15, 0.2) is 0 Å². The van der Waals surface area contributed by atoms with Gasteiger partial charge in [-0.25, -0.2) is 5.14 Å². The molecule has 1 radical (unpaired) electrons. The molecule has 2 N–H and O–H groups in total. The van der Waals surface area contributed by atoms with Crippen LogP contribution in [-0.4, -0.2) is 44.6 Å². The van der Waals surface area contributed by atoms with Gasteiger partial charge in [0.2, 0.25) is 0 Å². The van der Waals surface area contributed by atoms with Gasteiger partial charge in [-0.3, -0.25) is 4.18 Å². The molecule has 0 atom stereocenters. The average molecular weight is 190 g/mol. The summed E-state index contributed by atoms with van der Waals surface area (Å²) in [6.45, 7) is 2.23. The molecule has 0 aromatic rings. The van der Waals surface area contributed by atoms with Crippen LogP contribution in [0.5, 0.6) is 0 Å². The second-order valence-corrected chi connectivity index (χ2v) is 3.24. The monoisotopic (exact) mass is 190 g/mol. The Balaban J connectivity index is 0. The molecule has 0 amide bonds. The zero-order chi connectivity index (χ0) is 8.04. The van der Waals surface area contributed by atoms with E-state index < -0.39 is 10.3 Å². The van der Waals surface area contributed by atoms with E-state index in [4.69, 9.17) is 0 Å². The van der Waals surface area contributed by atoms with Crippen LogP contribution < -0.4 is 5.14 Å². The van der Waals surface area contributed by atoms with E-state index in [2.05, 4.69) is 9.32 Å². The maximum absolute atomic E-state index is 10.1. The summed E-state index contributed by atoms with van der Waals surface area (Å²) >= 11 is 0. The molecule has 0 aliphatic carbocycles. The van der Waals surface area contributed by atoms with Crippen LogP contribution in [0, 0.1) is 0 Å². The van der Waals surface area contributed by atoms with Gasteiger partial charge in [0, 0.05) is 29.6 Å². The Morgan fingerprint density at radius 2 is 1.91 bits per heavy atom. The summed E-state index contributed by atoms with van der Waals surface area (Å²) in [6, 6.07) is 0. The van der Waals surface area contributed by atoms with Crippen molar-refractivity contribution in [2.24, 2.45) is 5.14 Å². The molecule has 0 unspecified atom stereocenters. The van der Waals surface area contributed by atoms with Gasteiger partial charge in [0.25, 0.3) is 0 Å². The zero-order valence-electron chi connectivity index (χ0n) is 7.04. The second kappa shape index (κ2) is 7.52. The topological polar surface area (TPSA) is 69.4 Å². The first-order valence-electron chi connectivity index (χ1n) is 3.23. The van der Waals surface area contributed by atoms with Gasteiger partial charge in [0.1, 0.15) is 0 Å². The molecule has 0 aromatic heterocycles. The average Bonchev–Trinajstić information content (AvgIpc) is 1.78. The van der Waals surface area contributed by atoms with Gasteiger partial charge >= 0.3 is 10.3 Å². The molecule has 0 aromatic carbocycles. The first-order valence-corrected chi connectivity index (χ1v) is 4.70. The van der Waals surface area contributed by atoms with E-state index in [1.807, 2.05) is 6.92 Å². The number of rotatable bonds is 5. The number of hydrogen-bond donors (Lipinski definition) is 1. The van der Waals surface area contributed by atoms with Gasteiger partial charge in [-0.1, -0.05) is 19.8 Å². The number of unbranched alkanes of at least 4 members (excludes halogenated alkanes) is 2. The largest absolute Gasteiger partial charge is 0.333 e. The van der Waals surface area contributed by atoms with Crippen LogP contribution in [0.1, 0.15) is 26.2 Å². The van der Waals surface area contributed by atoms with Gasteiger partial charge in [-0.2, -0.15) is 8.42 Å². The van der Waals surface area contributed by atoms with Crippen molar-refractivity contribution in [1.82, 2.24) is 0 Å². The fourth-order valence-electron chi connectivity index (χ4n) is 0.527. The van der Waals surface area contributed by atoms with Crippen LogP contribution in [0.4, 0.5) is 0 Å². The quantitative estimate of drug-likeness (QED) is 0.490. The fraction of sp³-hybridized carbons (Fsp3) is 1.00. The van der Waals surface area contributed by atoms with Crippen LogP contribution >= 0.6 is 0 Å². The van der Waals surface area contributed by atoms with Gasteiger partial charge < -0.3 is 0 Å². The van der Waals surface area contributed by atoms with Crippen molar-refractivity contribution in [3.63, 3.8) is 0 Å². The van der Waals surface area contributed by atoms with Gasteiger partial charge in [-0.05, 0) is 6.42 Å². The van der Waals surface area contributed by atoms with Crippen molar-refractivity contribution >= 4 is 39.9 Å². The molecule has 0 bridgehead atoms. The molecular weight excluding hydrogens is 177 g/mol. The van der Waals surface area contributed by atoms with Crippen molar-refractivity contribution in [2.45, 2.75) is 26.2 Å². The predicted octanol–water partition coefficient (Wildman–Crippen LogP) is 0.0159. The summed E-state index contributed by atoms with van der Waals surface area (Å²) in [7, 11) is -3.70. The zero-order valence-corrected chi connectivity index (χ0v) is 9.86. The second-order valence-electron chi connectivity index (χ2n) is 2.02. The number of nitrogens with two attached hydrogens (primary N) is 1. The third-order valence-corrected chi connectivity index (χ3v) is 1.49. The van der Waals surface area contributed by atoms with E-state index in [1.165, 1.54) is 0 Å². The first kappa shape index (κ1) is 14.4. The first-order chi connectivity index (χ1) is 4.56. The van der Waals surface area contributed by atoms with Gasteiger partial charge in [0.05, 0.1) is 6.61 Å². The minimum atomic E-state index is -3.70. The summed E-state index contributed by atoms with van der Waals surface area (Å²) in [4.78, 5) is 0. The standard InChI is InChI=1S/C5H13NO3S.Na/c1-2-3-4-5-9-10(6,7)8;/h2-5H2,1H3,(H2,6,7,8);. The SMILES string of the molecule is CCCCCOS(N)(=O)=O.[Na]. The molecular formula is C5H13NNaO3S. The van der Waals surface area contributed by atoms with Crippen LogP contribution in [0.3, 0.4) is 0 Å². The van der Waals surface area contributed by atoms with E-state index in [1.54, 1.807) is 0 Å². The summed E-state index contributed by atoms with van der Waals surface area (Å²) in [5.74, 6) is 0. The van der Waals surface area contributed by atoms with Crippen LogP contribution in [0.2, 0.25) is 0 Å². The molecule has 11 heavy (non-hydrogen) atoms. The molecule has 0 rings (SSSR count). The third kappa shape index (κ3) is 13.8. The smallest absolute Gasteiger partial charge is 0.258 e. The van der Waals surface area contributed by atoms with E-state index >= 15 is 0 Å². The maximum atomic E-state index is 10.1. The van der Waals surface area contributed by atoms with Crippen molar-refractivity contribution in [3.05, 3.63) is 0 Å². The molecule has 63 valence electrons. The molecule has 0 aliphatic rings. The normalized spacial score (nSPS) is 10.7. The Kier molecular flexibility index (Phi) is 9.84. The molecule has 0 saturated heterocycles. The third-order valence-electron chi connectivity index (χ3n) is 0.995. The molecule has 0 spiro atoms. The summed E-state index contributed by atoms with van der Waals surface area (Å²) < 4.78 is 24.6. The Labute approximate surface area is 90.0 Å². The van der Waals surface area contributed by atoms with Crippen molar-refractivity contribution < 1.29 is 12.6 Å².